The summed E-state index contributed by atoms with van der Waals surface area (Å²) in [5.41, 5.74) is 9.50. The maximum atomic E-state index is 12.7. The number of tetrazole rings is 1. The third kappa shape index (κ3) is 3.73. The van der Waals surface area contributed by atoms with Crippen LogP contribution in [-0.2, 0) is 11.3 Å². The topological polar surface area (TPSA) is 89.9 Å². The fourth-order valence-electron chi connectivity index (χ4n) is 3.43. The van der Waals surface area contributed by atoms with Crippen LogP contribution in [-0.4, -0.2) is 50.1 Å². The van der Waals surface area contributed by atoms with Gasteiger partial charge in [0.15, 0.2) is 0 Å². The lowest BCUT2D eigenvalue weighted by Crippen LogP contribution is -2.34. The molecule has 27 heavy (non-hydrogen) atoms. The number of hydrogen-bond acceptors (Lipinski definition) is 5. The first-order chi connectivity index (χ1) is 13.1. The number of aryl methyl sites for hydroxylation is 1. The van der Waals surface area contributed by atoms with Crippen molar-refractivity contribution in [3.05, 3.63) is 65.7 Å². The molecule has 0 bridgehead atoms. The predicted octanol–water partition coefficient (Wildman–Crippen LogP) is 1.60. The lowest BCUT2D eigenvalue weighted by Gasteiger charge is -2.16. The molecule has 3 aromatic rings. The van der Waals surface area contributed by atoms with Gasteiger partial charge in [-0.05, 0) is 17.7 Å². The van der Waals surface area contributed by atoms with Crippen LogP contribution in [0.4, 0.5) is 0 Å². The lowest BCUT2D eigenvalue weighted by atomic mass is 9.95. The van der Waals surface area contributed by atoms with E-state index in [1.807, 2.05) is 49.4 Å². The monoisotopic (exact) mass is 362 g/mol. The SMILES string of the molecule is Cc1ccc(-c2nnn(CC(=O)N3C[C@@H](N)[C@H](c4ccccc4)C3)n2)cc1. The molecule has 0 radical (unpaired) electrons. The highest BCUT2D eigenvalue weighted by atomic mass is 16.2. The predicted molar refractivity (Wildman–Crippen MR) is 102 cm³/mol. The van der Waals surface area contributed by atoms with Gasteiger partial charge in [-0.3, -0.25) is 4.79 Å². The Morgan fingerprint density at radius 3 is 2.59 bits per heavy atom. The molecular weight excluding hydrogens is 340 g/mol. The van der Waals surface area contributed by atoms with E-state index in [0.717, 1.165) is 5.56 Å². The van der Waals surface area contributed by atoms with Crippen LogP contribution >= 0.6 is 0 Å². The van der Waals surface area contributed by atoms with Gasteiger partial charge in [-0.15, -0.1) is 10.2 Å². The highest BCUT2D eigenvalue weighted by molar-refractivity contribution is 5.76. The minimum absolute atomic E-state index is 0.0447. The van der Waals surface area contributed by atoms with Crippen molar-refractivity contribution in [1.29, 1.82) is 0 Å². The number of aromatic nitrogens is 4. The van der Waals surface area contributed by atoms with Gasteiger partial charge in [0.25, 0.3) is 0 Å². The maximum absolute atomic E-state index is 12.7. The van der Waals surface area contributed by atoms with Gasteiger partial charge in [0.05, 0.1) is 0 Å². The third-order valence-electron chi connectivity index (χ3n) is 4.98. The number of likely N-dealkylation sites (tertiary alicyclic amines) is 1. The van der Waals surface area contributed by atoms with Crippen molar-refractivity contribution in [3.8, 4) is 11.4 Å². The average molecular weight is 362 g/mol. The summed E-state index contributed by atoms with van der Waals surface area (Å²) in [7, 11) is 0. The van der Waals surface area contributed by atoms with Crippen LogP contribution in [0.5, 0.6) is 0 Å². The molecule has 2 heterocycles. The van der Waals surface area contributed by atoms with Gasteiger partial charge in [-0.1, -0.05) is 60.2 Å². The van der Waals surface area contributed by atoms with E-state index in [2.05, 4.69) is 27.5 Å². The van der Waals surface area contributed by atoms with Gasteiger partial charge in [0.1, 0.15) is 6.54 Å². The number of hydrogen-bond donors (Lipinski definition) is 1. The fraction of sp³-hybridized carbons (Fsp3) is 0.300. The second-order valence-corrected chi connectivity index (χ2v) is 6.99. The lowest BCUT2D eigenvalue weighted by molar-refractivity contribution is -0.131. The molecule has 138 valence electrons. The summed E-state index contributed by atoms with van der Waals surface area (Å²) in [4.78, 5) is 15.8. The molecule has 1 amide bonds. The van der Waals surface area contributed by atoms with Crippen LogP contribution in [0.25, 0.3) is 11.4 Å². The molecule has 1 saturated heterocycles. The molecule has 7 nitrogen and oxygen atoms in total. The first kappa shape index (κ1) is 17.4. The minimum Gasteiger partial charge on any atom is -0.339 e. The van der Waals surface area contributed by atoms with Crippen molar-refractivity contribution in [3.63, 3.8) is 0 Å². The molecule has 0 spiro atoms. The van der Waals surface area contributed by atoms with E-state index < -0.39 is 0 Å². The molecular formula is C20H22N6O. The van der Waals surface area contributed by atoms with Gasteiger partial charge in [-0.2, -0.15) is 4.80 Å². The molecule has 0 saturated carbocycles. The van der Waals surface area contributed by atoms with Crippen LogP contribution in [0.3, 0.4) is 0 Å². The second kappa shape index (κ2) is 7.28. The molecule has 4 rings (SSSR count). The van der Waals surface area contributed by atoms with Crippen molar-refractivity contribution in [2.75, 3.05) is 13.1 Å². The Kier molecular flexibility index (Phi) is 4.68. The van der Waals surface area contributed by atoms with E-state index >= 15 is 0 Å². The van der Waals surface area contributed by atoms with E-state index in [1.54, 1.807) is 4.90 Å². The second-order valence-electron chi connectivity index (χ2n) is 6.99. The van der Waals surface area contributed by atoms with Gasteiger partial charge < -0.3 is 10.6 Å². The molecule has 7 heteroatoms. The Morgan fingerprint density at radius 2 is 1.85 bits per heavy atom. The van der Waals surface area contributed by atoms with Gasteiger partial charge in [0, 0.05) is 30.6 Å². The van der Waals surface area contributed by atoms with Crippen molar-refractivity contribution < 1.29 is 4.79 Å². The number of carbonyl (C=O) groups excluding carboxylic acids is 1. The summed E-state index contributed by atoms with van der Waals surface area (Å²) >= 11 is 0. The van der Waals surface area contributed by atoms with E-state index in [9.17, 15) is 4.79 Å². The highest BCUT2D eigenvalue weighted by Gasteiger charge is 2.34. The molecule has 0 unspecified atom stereocenters. The molecule has 1 aliphatic heterocycles. The zero-order valence-electron chi connectivity index (χ0n) is 15.2. The maximum Gasteiger partial charge on any atom is 0.246 e. The van der Waals surface area contributed by atoms with Gasteiger partial charge in [0.2, 0.25) is 11.7 Å². The minimum atomic E-state index is -0.0665. The van der Waals surface area contributed by atoms with E-state index in [1.165, 1.54) is 15.9 Å². The molecule has 2 N–H and O–H groups in total. The van der Waals surface area contributed by atoms with E-state index in [4.69, 9.17) is 5.73 Å². The number of benzene rings is 2. The van der Waals surface area contributed by atoms with Crippen LogP contribution < -0.4 is 5.73 Å². The Balaban J connectivity index is 1.42. The molecule has 0 aliphatic carbocycles. The molecule has 1 aliphatic rings. The summed E-state index contributed by atoms with van der Waals surface area (Å²) in [6.07, 6.45) is 0. The summed E-state index contributed by atoms with van der Waals surface area (Å²) in [5, 5.41) is 12.4. The Morgan fingerprint density at radius 1 is 1.11 bits per heavy atom. The smallest absolute Gasteiger partial charge is 0.246 e. The van der Waals surface area contributed by atoms with Crippen LogP contribution in [0, 0.1) is 6.92 Å². The number of carbonyl (C=O) groups is 1. The first-order valence-electron chi connectivity index (χ1n) is 9.03. The Labute approximate surface area is 157 Å². The number of amides is 1. The van der Waals surface area contributed by atoms with Crippen molar-refractivity contribution in [2.24, 2.45) is 5.73 Å². The highest BCUT2D eigenvalue weighted by Crippen LogP contribution is 2.26. The van der Waals surface area contributed by atoms with Crippen LogP contribution in [0.15, 0.2) is 54.6 Å². The number of nitrogens with two attached hydrogens (primary N) is 1. The summed E-state index contributed by atoms with van der Waals surface area (Å²) in [5.74, 6) is 0.627. The third-order valence-corrected chi connectivity index (χ3v) is 4.98. The largest absolute Gasteiger partial charge is 0.339 e. The van der Waals surface area contributed by atoms with Crippen molar-refractivity contribution in [2.45, 2.75) is 25.4 Å². The van der Waals surface area contributed by atoms with Crippen LogP contribution in [0.1, 0.15) is 17.0 Å². The number of rotatable bonds is 4. The molecule has 2 aromatic carbocycles. The first-order valence-corrected chi connectivity index (χ1v) is 9.03. The fourth-order valence-corrected chi connectivity index (χ4v) is 3.43. The molecule has 1 aromatic heterocycles. The average Bonchev–Trinajstić information content (AvgIpc) is 3.30. The van der Waals surface area contributed by atoms with E-state index in [-0.39, 0.29) is 24.4 Å². The standard InChI is InChI=1S/C20H22N6O/c1-14-7-9-16(10-8-14)20-22-24-26(23-20)13-19(27)25-11-17(18(21)12-25)15-5-3-2-4-6-15/h2-10,17-18H,11-13,21H2,1H3/t17-,18+/m0/s1. The Bertz CT molecular complexity index is 921. The zero-order valence-corrected chi connectivity index (χ0v) is 15.2. The summed E-state index contributed by atoms with van der Waals surface area (Å²) in [6.45, 7) is 3.24. The Hall–Kier alpha value is -3.06. The van der Waals surface area contributed by atoms with Gasteiger partial charge in [-0.25, -0.2) is 0 Å². The number of nitrogens with zero attached hydrogens (tertiary/aromatic N) is 5. The zero-order chi connectivity index (χ0) is 18.8. The van der Waals surface area contributed by atoms with E-state index in [0.29, 0.717) is 18.9 Å². The van der Waals surface area contributed by atoms with Crippen molar-refractivity contribution >= 4 is 5.91 Å². The van der Waals surface area contributed by atoms with Crippen LogP contribution in [0.2, 0.25) is 0 Å². The summed E-state index contributed by atoms with van der Waals surface area (Å²) < 4.78 is 0. The van der Waals surface area contributed by atoms with Gasteiger partial charge >= 0.3 is 0 Å². The quantitative estimate of drug-likeness (QED) is 0.761. The molecule has 1 fully saturated rings. The summed E-state index contributed by atoms with van der Waals surface area (Å²) in [6, 6.07) is 17.9. The van der Waals surface area contributed by atoms with Crippen molar-refractivity contribution in [1.82, 2.24) is 25.1 Å². The normalized spacial score (nSPS) is 19.4. The molecule has 2 atom stereocenters.